The molecule has 0 aliphatic heterocycles. The third-order valence-corrected chi connectivity index (χ3v) is 5.10. The zero-order chi connectivity index (χ0) is 21.5. The summed E-state index contributed by atoms with van der Waals surface area (Å²) in [5.41, 5.74) is 10.3. The number of nitrogens with zero attached hydrogens (tertiary/aromatic N) is 3. The fourth-order valence-electron chi connectivity index (χ4n) is 3.35. The van der Waals surface area contributed by atoms with E-state index in [9.17, 15) is 0 Å². The summed E-state index contributed by atoms with van der Waals surface area (Å²) in [7, 11) is 0. The number of nitrogen functional groups attached to an aromatic ring is 1. The van der Waals surface area contributed by atoms with E-state index in [4.69, 9.17) is 10.5 Å². The molecule has 0 saturated heterocycles. The third kappa shape index (κ3) is 4.46. The average Bonchev–Trinajstić information content (AvgIpc) is 3.20. The summed E-state index contributed by atoms with van der Waals surface area (Å²) in [6.45, 7) is 8.88. The molecule has 2 N–H and O–H groups in total. The van der Waals surface area contributed by atoms with Crippen molar-refractivity contribution in [3.05, 3.63) is 72.7 Å². The van der Waals surface area contributed by atoms with Crippen LogP contribution in [-0.4, -0.2) is 14.5 Å². The predicted octanol–water partition coefficient (Wildman–Crippen LogP) is 6.26. The zero-order valence-electron chi connectivity index (χ0n) is 18.2. The van der Waals surface area contributed by atoms with Crippen molar-refractivity contribution in [2.24, 2.45) is 0 Å². The minimum Gasteiger partial charge on any atom is -0.489 e. The van der Waals surface area contributed by atoms with Gasteiger partial charge in [-0.05, 0) is 36.6 Å². The number of rotatable bonds is 6. The highest BCUT2D eigenvalue weighted by Crippen LogP contribution is 2.36. The van der Waals surface area contributed by atoms with Crippen LogP contribution in [0.15, 0.2) is 67.1 Å². The van der Waals surface area contributed by atoms with Gasteiger partial charge in [-0.2, -0.15) is 0 Å². The largest absolute Gasteiger partial charge is 0.489 e. The predicted molar refractivity (Wildman–Crippen MR) is 125 cm³/mol. The van der Waals surface area contributed by atoms with Crippen molar-refractivity contribution in [3.8, 4) is 16.9 Å². The summed E-state index contributed by atoms with van der Waals surface area (Å²) in [6, 6.07) is 18.6. The van der Waals surface area contributed by atoms with E-state index >= 15 is 0 Å². The van der Waals surface area contributed by atoms with Gasteiger partial charge in [0.15, 0.2) is 0 Å². The molecular formula is C25H30N4O. The number of benzene rings is 2. The van der Waals surface area contributed by atoms with Gasteiger partial charge in [0.05, 0.1) is 5.39 Å². The Morgan fingerprint density at radius 3 is 2.53 bits per heavy atom. The highest BCUT2D eigenvalue weighted by atomic mass is 16.5. The number of ether oxygens (including phenoxy) is 1. The molecule has 5 heteroatoms. The molecule has 0 radical (unpaired) electrons. The Labute approximate surface area is 178 Å². The summed E-state index contributed by atoms with van der Waals surface area (Å²) < 4.78 is 8.18. The molecule has 156 valence electrons. The maximum atomic E-state index is 6.23. The molecule has 30 heavy (non-hydrogen) atoms. The van der Waals surface area contributed by atoms with Crippen LogP contribution < -0.4 is 10.5 Å². The van der Waals surface area contributed by atoms with E-state index in [1.165, 1.54) is 6.33 Å². The topological polar surface area (TPSA) is 66.0 Å². The Morgan fingerprint density at radius 2 is 1.80 bits per heavy atom. The van der Waals surface area contributed by atoms with Crippen molar-refractivity contribution in [2.45, 2.75) is 46.8 Å². The minimum atomic E-state index is 0.322. The Balaban J connectivity index is 0.00000124. The first-order valence-corrected chi connectivity index (χ1v) is 10.6. The summed E-state index contributed by atoms with van der Waals surface area (Å²) in [4.78, 5) is 8.71. The SMILES string of the molecule is CC.CCC(C)n1cc(-c2cccc(OCc3ccccc3)c2)c2c(N)ncnc21. The molecule has 2 heterocycles. The van der Waals surface area contributed by atoms with Crippen LogP contribution in [0.5, 0.6) is 5.75 Å². The Hall–Kier alpha value is -3.34. The molecule has 0 saturated carbocycles. The average molecular weight is 403 g/mol. The summed E-state index contributed by atoms with van der Waals surface area (Å²) >= 11 is 0. The van der Waals surface area contributed by atoms with Crippen LogP contribution in [0.2, 0.25) is 0 Å². The van der Waals surface area contributed by atoms with Gasteiger partial charge in [-0.3, -0.25) is 0 Å². The number of hydrogen-bond donors (Lipinski definition) is 1. The van der Waals surface area contributed by atoms with Crippen LogP contribution in [0.4, 0.5) is 5.82 Å². The van der Waals surface area contributed by atoms with E-state index in [0.29, 0.717) is 18.5 Å². The molecule has 0 bridgehead atoms. The molecule has 0 aliphatic carbocycles. The number of anilines is 1. The van der Waals surface area contributed by atoms with E-state index in [1.807, 2.05) is 50.2 Å². The quantitative estimate of drug-likeness (QED) is 0.413. The van der Waals surface area contributed by atoms with Crippen molar-refractivity contribution in [3.63, 3.8) is 0 Å². The van der Waals surface area contributed by atoms with Crippen molar-refractivity contribution >= 4 is 16.9 Å². The van der Waals surface area contributed by atoms with Crippen LogP contribution in [-0.2, 0) is 6.61 Å². The van der Waals surface area contributed by atoms with Gasteiger partial charge in [0.2, 0.25) is 0 Å². The highest BCUT2D eigenvalue weighted by Gasteiger charge is 2.17. The second-order valence-electron chi connectivity index (χ2n) is 6.97. The first kappa shape index (κ1) is 21.4. The van der Waals surface area contributed by atoms with Gasteiger partial charge >= 0.3 is 0 Å². The molecule has 0 amide bonds. The van der Waals surface area contributed by atoms with E-state index in [2.05, 4.69) is 52.8 Å². The Bertz CT molecular complexity index is 1090. The number of hydrogen-bond acceptors (Lipinski definition) is 4. The zero-order valence-corrected chi connectivity index (χ0v) is 18.2. The van der Waals surface area contributed by atoms with Crippen LogP contribution in [0, 0.1) is 0 Å². The summed E-state index contributed by atoms with van der Waals surface area (Å²) in [6.07, 6.45) is 4.66. The lowest BCUT2D eigenvalue weighted by atomic mass is 10.1. The molecule has 4 aromatic rings. The fraction of sp³-hybridized carbons (Fsp3) is 0.280. The van der Waals surface area contributed by atoms with Crippen molar-refractivity contribution in [2.75, 3.05) is 5.73 Å². The molecule has 1 unspecified atom stereocenters. The van der Waals surface area contributed by atoms with Crippen molar-refractivity contribution in [1.29, 1.82) is 0 Å². The van der Waals surface area contributed by atoms with Crippen molar-refractivity contribution in [1.82, 2.24) is 14.5 Å². The van der Waals surface area contributed by atoms with E-state index in [1.54, 1.807) is 0 Å². The highest BCUT2D eigenvalue weighted by molar-refractivity contribution is 6.00. The van der Waals surface area contributed by atoms with Crippen molar-refractivity contribution < 1.29 is 4.74 Å². The van der Waals surface area contributed by atoms with Crippen LogP contribution >= 0.6 is 0 Å². The number of aromatic nitrogens is 3. The maximum Gasteiger partial charge on any atom is 0.146 e. The lowest BCUT2D eigenvalue weighted by Crippen LogP contribution is -2.03. The first-order valence-electron chi connectivity index (χ1n) is 10.6. The standard InChI is InChI=1S/C23H24N4O.C2H6/c1-3-16(2)27-13-20(21-22(24)25-15-26-23(21)27)18-10-7-11-19(12-18)28-14-17-8-5-4-6-9-17;1-2/h4-13,15-16H,3,14H2,1-2H3,(H2,24,25,26);1-2H3. The van der Waals surface area contributed by atoms with Gasteiger partial charge < -0.3 is 15.0 Å². The molecule has 2 aromatic carbocycles. The molecule has 1 atom stereocenters. The molecule has 0 aliphatic rings. The Morgan fingerprint density at radius 1 is 1.03 bits per heavy atom. The minimum absolute atomic E-state index is 0.322. The monoisotopic (exact) mass is 402 g/mol. The van der Waals surface area contributed by atoms with Gasteiger partial charge in [-0.1, -0.05) is 63.2 Å². The van der Waals surface area contributed by atoms with E-state index < -0.39 is 0 Å². The summed E-state index contributed by atoms with van der Waals surface area (Å²) in [5, 5.41) is 0.892. The molecule has 4 rings (SSSR count). The number of nitrogens with two attached hydrogens (primary N) is 1. The van der Waals surface area contributed by atoms with Crippen LogP contribution in [0.1, 0.15) is 45.7 Å². The van der Waals surface area contributed by atoms with Gasteiger partial charge in [-0.25, -0.2) is 9.97 Å². The van der Waals surface area contributed by atoms with Crippen LogP contribution in [0.3, 0.4) is 0 Å². The van der Waals surface area contributed by atoms with E-state index in [0.717, 1.165) is 39.9 Å². The normalized spacial score (nSPS) is 11.6. The second kappa shape index (κ2) is 9.92. The maximum absolute atomic E-state index is 6.23. The van der Waals surface area contributed by atoms with Gasteiger partial charge in [0, 0.05) is 17.8 Å². The van der Waals surface area contributed by atoms with Gasteiger partial charge in [0.1, 0.15) is 30.1 Å². The third-order valence-electron chi connectivity index (χ3n) is 5.10. The molecule has 0 fully saturated rings. The second-order valence-corrected chi connectivity index (χ2v) is 6.97. The summed E-state index contributed by atoms with van der Waals surface area (Å²) in [5.74, 6) is 1.32. The van der Waals surface area contributed by atoms with Gasteiger partial charge in [0.25, 0.3) is 0 Å². The molecule has 5 nitrogen and oxygen atoms in total. The molecule has 2 aromatic heterocycles. The van der Waals surface area contributed by atoms with Crippen LogP contribution in [0.25, 0.3) is 22.2 Å². The van der Waals surface area contributed by atoms with Gasteiger partial charge in [-0.15, -0.1) is 0 Å². The first-order chi connectivity index (χ1) is 14.7. The smallest absolute Gasteiger partial charge is 0.146 e. The number of fused-ring (bicyclic) bond motifs is 1. The van der Waals surface area contributed by atoms with E-state index in [-0.39, 0.29) is 0 Å². The lowest BCUT2D eigenvalue weighted by molar-refractivity contribution is 0.306. The Kier molecular flexibility index (Phi) is 7.07. The fourth-order valence-corrected chi connectivity index (χ4v) is 3.35. The molecular weight excluding hydrogens is 372 g/mol. The molecule has 0 spiro atoms. The lowest BCUT2D eigenvalue weighted by Gasteiger charge is -2.11.